The molecule has 3 amide bonds. The summed E-state index contributed by atoms with van der Waals surface area (Å²) in [7, 11) is 1.50. The molecule has 0 atom stereocenters. The second-order valence-corrected chi connectivity index (χ2v) is 9.77. The van der Waals surface area contributed by atoms with Crippen LogP contribution in [0.4, 0.5) is 14.9 Å². The number of amides is 3. The summed E-state index contributed by atoms with van der Waals surface area (Å²) in [5.41, 5.74) is 7.22. The molecule has 1 heterocycles. The highest BCUT2D eigenvalue weighted by molar-refractivity contribution is 6.23. The first-order chi connectivity index (χ1) is 17.7. The number of nitrogens with one attached hydrogen (secondary N) is 2. The maximum Gasteiger partial charge on any atom is 0.322 e. The van der Waals surface area contributed by atoms with Gasteiger partial charge in [-0.2, -0.15) is 0 Å². The molecule has 2 aliphatic rings. The van der Waals surface area contributed by atoms with Gasteiger partial charge >= 0.3 is 6.03 Å². The topological polar surface area (TPSA) is 125 Å². The van der Waals surface area contributed by atoms with E-state index in [-0.39, 0.29) is 24.7 Å². The van der Waals surface area contributed by atoms with Gasteiger partial charge in [0.05, 0.1) is 12.1 Å². The number of carbonyl (C=O) groups is 3. The maximum atomic E-state index is 13.8. The standard InChI is InChI=1S/C21H23FN2O.C6H11NO3.CH5N/c22-20-8-4-7-17-13-24(14-19(17)20)21(25)23-18-11-9-16(10-12-18)15-5-2-1-3-6-15;1-6(2,10)4-7-5(9)3-8;1-2/h4,7-12,15H,1-3,5-6,13-14H2,(H,23,25);3,10H,4H2,1-2H3,(H,7,9);2H2,1H3. The van der Waals surface area contributed by atoms with E-state index in [2.05, 4.69) is 28.5 Å². The zero-order valence-corrected chi connectivity index (χ0v) is 21.9. The fourth-order valence-corrected chi connectivity index (χ4v) is 4.35. The number of anilines is 1. The number of urea groups is 1. The van der Waals surface area contributed by atoms with Crippen LogP contribution in [-0.4, -0.2) is 47.4 Å². The largest absolute Gasteiger partial charge is 0.389 e. The van der Waals surface area contributed by atoms with E-state index in [0.29, 0.717) is 24.6 Å². The summed E-state index contributed by atoms with van der Waals surface area (Å²) in [5, 5.41) is 14.2. The van der Waals surface area contributed by atoms with Gasteiger partial charge in [0.15, 0.2) is 0 Å². The molecule has 37 heavy (non-hydrogen) atoms. The molecule has 1 aliphatic carbocycles. The van der Waals surface area contributed by atoms with E-state index < -0.39 is 11.5 Å². The molecule has 8 nitrogen and oxygen atoms in total. The maximum absolute atomic E-state index is 13.8. The molecule has 0 bridgehead atoms. The normalized spacial score (nSPS) is 14.8. The average molecular weight is 515 g/mol. The average Bonchev–Trinajstić information content (AvgIpc) is 3.35. The molecule has 2 aromatic rings. The second-order valence-electron chi connectivity index (χ2n) is 9.77. The van der Waals surface area contributed by atoms with Crippen LogP contribution in [0, 0.1) is 5.82 Å². The van der Waals surface area contributed by atoms with Gasteiger partial charge in [0.25, 0.3) is 5.91 Å². The lowest BCUT2D eigenvalue weighted by atomic mass is 9.84. The van der Waals surface area contributed by atoms with Crippen molar-refractivity contribution in [3.05, 3.63) is 65.0 Å². The third kappa shape index (κ3) is 9.59. The van der Waals surface area contributed by atoms with Crippen molar-refractivity contribution in [1.29, 1.82) is 0 Å². The Morgan fingerprint density at radius 2 is 1.73 bits per heavy atom. The lowest BCUT2D eigenvalue weighted by Crippen LogP contribution is -2.38. The van der Waals surface area contributed by atoms with Crippen LogP contribution < -0.4 is 16.4 Å². The van der Waals surface area contributed by atoms with Crippen LogP contribution in [0.5, 0.6) is 0 Å². The number of halogens is 1. The third-order valence-corrected chi connectivity index (χ3v) is 6.25. The molecule has 1 saturated carbocycles. The molecule has 2 aromatic carbocycles. The van der Waals surface area contributed by atoms with E-state index in [0.717, 1.165) is 11.3 Å². The number of fused-ring (bicyclic) bond motifs is 1. The minimum absolute atomic E-state index is 0.0879. The molecule has 5 N–H and O–H groups in total. The van der Waals surface area contributed by atoms with Crippen molar-refractivity contribution in [2.75, 3.05) is 18.9 Å². The van der Waals surface area contributed by atoms with Gasteiger partial charge in [0, 0.05) is 24.3 Å². The second kappa shape index (κ2) is 14.4. The number of aldehydes is 1. The molecule has 1 aliphatic heterocycles. The van der Waals surface area contributed by atoms with Gasteiger partial charge in [-0.15, -0.1) is 0 Å². The van der Waals surface area contributed by atoms with Crippen LogP contribution in [0.2, 0.25) is 0 Å². The minimum Gasteiger partial charge on any atom is -0.389 e. The molecule has 0 unspecified atom stereocenters. The third-order valence-electron chi connectivity index (χ3n) is 6.25. The zero-order chi connectivity index (χ0) is 27.4. The number of rotatable bonds is 5. The van der Waals surface area contributed by atoms with Crippen molar-refractivity contribution < 1.29 is 23.9 Å². The van der Waals surface area contributed by atoms with E-state index in [1.54, 1.807) is 11.0 Å². The summed E-state index contributed by atoms with van der Waals surface area (Å²) < 4.78 is 13.8. The van der Waals surface area contributed by atoms with E-state index in [1.807, 2.05) is 18.2 Å². The predicted octanol–water partition coefficient (Wildman–Crippen LogP) is 4.07. The van der Waals surface area contributed by atoms with Gasteiger partial charge in [-0.25, -0.2) is 9.18 Å². The Balaban J connectivity index is 0.000000341. The number of nitrogens with two attached hydrogens (primary N) is 1. The highest BCUT2D eigenvalue weighted by Crippen LogP contribution is 2.33. The Kier molecular flexibility index (Phi) is 11.7. The fourth-order valence-electron chi connectivity index (χ4n) is 4.35. The Labute approximate surface area is 218 Å². The molecule has 0 saturated heterocycles. The molecule has 4 rings (SSSR count). The predicted molar refractivity (Wildman–Crippen MR) is 142 cm³/mol. The summed E-state index contributed by atoms with van der Waals surface area (Å²) in [6, 6.07) is 13.1. The lowest BCUT2D eigenvalue weighted by molar-refractivity contribution is -0.131. The number of nitrogens with zero attached hydrogens (tertiary/aromatic N) is 1. The van der Waals surface area contributed by atoms with E-state index in [1.165, 1.54) is 64.6 Å². The molecule has 0 spiro atoms. The van der Waals surface area contributed by atoms with Gasteiger partial charge in [-0.3, -0.25) is 9.59 Å². The van der Waals surface area contributed by atoms with Crippen molar-refractivity contribution in [2.45, 2.75) is 70.6 Å². The number of hydrogen-bond donors (Lipinski definition) is 4. The van der Waals surface area contributed by atoms with Crippen LogP contribution in [0.15, 0.2) is 42.5 Å². The lowest BCUT2D eigenvalue weighted by Gasteiger charge is -2.22. The SMILES string of the molecule is CC(C)(O)CNC(=O)C=O.CN.O=C(Nc1ccc(C2CCCCC2)cc1)N1Cc2cccc(F)c2C1. The van der Waals surface area contributed by atoms with Crippen LogP contribution in [0.25, 0.3) is 0 Å². The number of carbonyl (C=O) groups excluding carboxylic acids is 3. The van der Waals surface area contributed by atoms with Gasteiger partial charge in [-0.05, 0) is 69.0 Å². The van der Waals surface area contributed by atoms with Crippen molar-refractivity contribution in [2.24, 2.45) is 5.73 Å². The quantitative estimate of drug-likeness (QED) is 0.354. The molecule has 0 radical (unpaired) electrons. The van der Waals surface area contributed by atoms with Gasteiger partial charge in [0.1, 0.15) is 5.82 Å². The summed E-state index contributed by atoms with van der Waals surface area (Å²) in [6.07, 6.45) is 6.69. The highest BCUT2D eigenvalue weighted by Gasteiger charge is 2.25. The van der Waals surface area contributed by atoms with Crippen LogP contribution >= 0.6 is 0 Å². The first-order valence-corrected chi connectivity index (χ1v) is 12.6. The van der Waals surface area contributed by atoms with Gasteiger partial charge in [0.2, 0.25) is 6.29 Å². The summed E-state index contributed by atoms with van der Waals surface area (Å²) in [5.74, 6) is -0.277. The number of aliphatic hydroxyl groups is 1. The van der Waals surface area contributed by atoms with Crippen LogP contribution in [-0.2, 0) is 22.7 Å². The number of hydrogen-bond acceptors (Lipinski definition) is 5. The summed E-state index contributed by atoms with van der Waals surface area (Å²) >= 11 is 0. The van der Waals surface area contributed by atoms with Gasteiger partial charge in [-0.1, -0.05) is 43.5 Å². The van der Waals surface area contributed by atoms with Crippen molar-refractivity contribution in [3.8, 4) is 0 Å². The monoisotopic (exact) mass is 514 g/mol. The van der Waals surface area contributed by atoms with Gasteiger partial charge < -0.3 is 26.4 Å². The van der Waals surface area contributed by atoms with E-state index >= 15 is 0 Å². The molecular weight excluding hydrogens is 475 g/mol. The minimum atomic E-state index is -0.960. The van der Waals surface area contributed by atoms with Crippen molar-refractivity contribution in [3.63, 3.8) is 0 Å². The molecular formula is C28H39FN4O4. The first kappa shape index (κ1) is 29.9. The Morgan fingerprint density at radius 1 is 1.08 bits per heavy atom. The molecule has 9 heteroatoms. The van der Waals surface area contributed by atoms with Crippen molar-refractivity contribution >= 4 is 23.9 Å². The molecule has 1 fully saturated rings. The Morgan fingerprint density at radius 3 is 2.30 bits per heavy atom. The van der Waals surface area contributed by atoms with E-state index in [4.69, 9.17) is 5.11 Å². The Hall–Kier alpha value is -3.30. The molecule has 202 valence electrons. The smallest absolute Gasteiger partial charge is 0.322 e. The van der Waals surface area contributed by atoms with Crippen molar-refractivity contribution in [1.82, 2.24) is 10.2 Å². The summed E-state index contributed by atoms with van der Waals surface area (Å²) in [6.45, 7) is 3.95. The van der Waals surface area contributed by atoms with E-state index in [9.17, 15) is 18.8 Å². The zero-order valence-electron chi connectivity index (χ0n) is 21.9. The molecule has 0 aromatic heterocycles. The van der Waals surface area contributed by atoms with Crippen LogP contribution in [0.3, 0.4) is 0 Å². The summed E-state index contributed by atoms with van der Waals surface area (Å²) in [4.78, 5) is 34.1. The fraction of sp³-hybridized carbons (Fsp3) is 0.464. The first-order valence-electron chi connectivity index (χ1n) is 12.6. The highest BCUT2D eigenvalue weighted by atomic mass is 19.1. The van der Waals surface area contributed by atoms with Crippen LogP contribution in [0.1, 0.15) is 68.6 Å². The Bertz CT molecular complexity index is 1030. The number of benzene rings is 2.